The number of nitrogens with zero attached hydrogens (tertiary/aromatic N) is 2. The first kappa shape index (κ1) is 18.5. The zero-order valence-electron chi connectivity index (χ0n) is 13.9. The number of nitrogens with one attached hydrogen (secondary N) is 2. The van der Waals surface area contributed by atoms with Crippen molar-refractivity contribution in [2.75, 3.05) is 29.9 Å². The highest BCUT2D eigenvalue weighted by molar-refractivity contribution is 6.05. The van der Waals surface area contributed by atoms with Gasteiger partial charge < -0.3 is 15.4 Å². The second-order valence-corrected chi connectivity index (χ2v) is 5.68. The number of aromatic nitrogens is 1. The Balaban J connectivity index is 1.64. The Morgan fingerprint density at radius 1 is 1.30 bits per heavy atom. The first-order valence-corrected chi connectivity index (χ1v) is 7.94. The van der Waals surface area contributed by atoms with Crippen LogP contribution < -0.4 is 20.3 Å². The molecule has 0 bridgehead atoms. The van der Waals surface area contributed by atoms with Crippen molar-refractivity contribution >= 4 is 23.3 Å². The molecule has 1 aliphatic heterocycles. The predicted molar refractivity (Wildman–Crippen MR) is 90.9 cm³/mol. The van der Waals surface area contributed by atoms with Crippen molar-refractivity contribution < 1.29 is 27.5 Å². The number of carbonyl (C=O) groups excluding carboxylic acids is 2. The molecule has 0 radical (unpaired) electrons. The number of benzene rings is 1. The maximum absolute atomic E-state index is 12.4. The van der Waals surface area contributed by atoms with Gasteiger partial charge in [-0.2, -0.15) is 13.2 Å². The molecule has 1 fully saturated rings. The largest absolute Gasteiger partial charge is 0.468 e. The highest BCUT2D eigenvalue weighted by Gasteiger charge is 2.28. The zero-order valence-corrected chi connectivity index (χ0v) is 13.9. The number of hydrogen-bond donors (Lipinski definition) is 2. The first-order chi connectivity index (χ1) is 12.8. The zero-order chi connectivity index (χ0) is 19.4. The van der Waals surface area contributed by atoms with Crippen LogP contribution in [-0.4, -0.2) is 42.8 Å². The van der Waals surface area contributed by atoms with Crippen molar-refractivity contribution in [1.82, 2.24) is 10.3 Å². The van der Waals surface area contributed by atoms with Crippen LogP contribution in [0.5, 0.6) is 5.88 Å². The fourth-order valence-electron chi connectivity index (χ4n) is 2.43. The number of ether oxygens (including phenoxy) is 1. The number of amides is 3. The Morgan fingerprint density at radius 2 is 2.11 bits per heavy atom. The molecule has 0 spiro atoms. The third-order valence-corrected chi connectivity index (χ3v) is 3.65. The lowest BCUT2D eigenvalue weighted by molar-refractivity contribution is -0.154. The van der Waals surface area contributed by atoms with E-state index in [1.807, 2.05) is 0 Å². The predicted octanol–water partition coefficient (Wildman–Crippen LogP) is 2.80. The van der Waals surface area contributed by atoms with Crippen LogP contribution in [0.4, 0.5) is 29.3 Å². The first-order valence-electron chi connectivity index (χ1n) is 7.94. The molecule has 7 nitrogen and oxygen atoms in total. The topological polar surface area (TPSA) is 83.6 Å². The fourth-order valence-corrected chi connectivity index (χ4v) is 2.43. The van der Waals surface area contributed by atoms with E-state index in [0.29, 0.717) is 30.0 Å². The summed E-state index contributed by atoms with van der Waals surface area (Å²) in [7, 11) is 0. The number of carbonyl (C=O) groups is 2. The molecular formula is C17H15F3N4O3. The summed E-state index contributed by atoms with van der Waals surface area (Å²) in [5, 5.41) is 5.27. The van der Waals surface area contributed by atoms with Gasteiger partial charge in [0.1, 0.15) is 0 Å². The van der Waals surface area contributed by atoms with Gasteiger partial charge in [0.05, 0.1) is 11.9 Å². The van der Waals surface area contributed by atoms with E-state index in [2.05, 4.69) is 20.4 Å². The van der Waals surface area contributed by atoms with Gasteiger partial charge in [-0.05, 0) is 24.3 Å². The minimum atomic E-state index is -4.45. The van der Waals surface area contributed by atoms with Crippen LogP contribution in [0.1, 0.15) is 10.4 Å². The molecule has 0 saturated carbocycles. The maximum atomic E-state index is 12.4. The Hall–Kier alpha value is -3.30. The highest BCUT2D eigenvalue weighted by atomic mass is 19.4. The molecule has 1 aliphatic rings. The summed E-state index contributed by atoms with van der Waals surface area (Å²) in [4.78, 5) is 29.3. The minimum absolute atomic E-state index is 0.202. The number of rotatable bonds is 5. The van der Waals surface area contributed by atoms with Gasteiger partial charge in [0.15, 0.2) is 6.61 Å². The summed E-state index contributed by atoms with van der Waals surface area (Å²) in [6.07, 6.45) is -3.26. The number of anilines is 2. The van der Waals surface area contributed by atoms with Crippen LogP contribution >= 0.6 is 0 Å². The van der Waals surface area contributed by atoms with Crippen LogP contribution in [0.15, 0.2) is 42.6 Å². The second kappa shape index (κ2) is 7.52. The summed E-state index contributed by atoms with van der Waals surface area (Å²) >= 11 is 0. The molecule has 3 amide bonds. The molecule has 0 aliphatic carbocycles. The number of alkyl halides is 3. The van der Waals surface area contributed by atoms with E-state index < -0.39 is 18.7 Å². The Bertz CT molecular complexity index is 840. The molecule has 2 aromatic rings. The van der Waals surface area contributed by atoms with Gasteiger partial charge in [-0.25, -0.2) is 9.78 Å². The molecule has 1 aromatic carbocycles. The summed E-state index contributed by atoms with van der Waals surface area (Å²) in [6, 6.07) is 8.92. The van der Waals surface area contributed by atoms with Crippen LogP contribution in [-0.2, 0) is 0 Å². The average Bonchev–Trinajstić information content (AvgIpc) is 3.06. The third kappa shape index (κ3) is 4.87. The number of hydrogen-bond acceptors (Lipinski definition) is 4. The molecule has 142 valence electrons. The SMILES string of the molecule is O=C(Nc1ccc(OCC(F)(F)F)nc1)c1cccc(N2CCNC2=O)c1. The summed E-state index contributed by atoms with van der Waals surface area (Å²) in [6.45, 7) is -0.403. The minimum Gasteiger partial charge on any atom is -0.468 e. The molecule has 1 saturated heterocycles. The van der Waals surface area contributed by atoms with Crippen LogP contribution in [0.2, 0.25) is 0 Å². The van der Waals surface area contributed by atoms with E-state index in [1.165, 1.54) is 23.2 Å². The van der Waals surface area contributed by atoms with Gasteiger partial charge in [-0.15, -0.1) is 0 Å². The van der Waals surface area contributed by atoms with Gasteiger partial charge >= 0.3 is 12.2 Å². The van der Waals surface area contributed by atoms with Gasteiger partial charge in [0.25, 0.3) is 5.91 Å². The smallest absolute Gasteiger partial charge is 0.422 e. The van der Waals surface area contributed by atoms with Crippen LogP contribution in [0, 0.1) is 0 Å². The Kier molecular flexibility index (Phi) is 5.15. The number of halogens is 3. The lowest BCUT2D eigenvalue weighted by atomic mass is 10.1. The molecular weight excluding hydrogens is 365 g/mol. The van der Waals surface area contributed by atoms with Crippen molar-refractivity contribution in [3.8, 4) is 5.88 Å². The molecule has 0 unspecified atom stereocenters. The monoisotopic (exact) mass is 380 g/mol. The number of urea groups is 1. The maximum Gasteiger partial charge on any atom is 0.422 e. The van der Waals surface area contributed by atoms with Crippen molar-refractivity contribution in [3.05, 3.63) is 48.2 Å². The Morgan fingerprint density at radius 3 is 2.74 bits per heavy atom. The van der Waals surface area contributed by atoms with E-state index in [4.69, 9.17) is 0 Å². The normalized spacial score (nSPS) is 14.0. The molecule has 27 heavy (non-hydrogen) atoms. The van der Waals surface area contributed by atoms with Crippen LogP contribution in [0.25, 0.3) is 0 Å². The molecule has 2 heterocycles. The molecule has 1 aromatic heterocycles. The summed E-state index contributed by atoms with van der Waals surface area (Å²) in [5.41, 5.74) is 1.21. The second-order valence-electron chi connectivity index (χ2n) is 5.68. The van der Waals surface area contributed by atoms with Crippen molar-refractivity contribution in [3.63, 3.8) is 0 Å². The summed E-state index contributed by atoms with van der Waals surface area (Å²) < 4.78 is 40.8. The van der Waals surface area contributed by atoms with Crippen molar-refractivity contribution in [2.24, 2.45) is 0 Å². The lowest BCUT2D eigenvalue weighted by Gasteiger charge is -2.15. The molecule has 10 heteroatoms. The fraction of sp³-hybridized carbons (Fsp3) is 0.235. The van der Waals surface area contributed by atoms with E-state index >= 15 is 0 Å². The average molecular weight is 380 g/mol. The van der Waals surface area contributed by atoms with Crippen LogP contribution in [0.3, 0.4) is 0 Å². The standard InChI is InChI=1S/C17H15F3N4O3/c18-17(19,20)10-27-14-5-4-12(9-22-14)23-15(25)11-2-1-3-13(8-11)24-7-6-21-16(24)26/h1-5,8-9H,6-7,10H2,(H,21,26)(H,23,25). The quantitative estimate of drug-likeness (QED) is 0.836. The third-order valence-electron chi connectivity index (χ3n) is 3.65. The Labute approximate surface area is 152 Å². The van der Waals surface area contributed by atoms with E-state index in [0.717, 1.165) is 0 Å². The number of pyridine rings is 1. The van der Waals surface area contributed by atoms with Gasteiger partial charge in [0, 0.05) is 30.4 Å². The lowest BCUT2D eigenvalue weighted by Crippen LogP contribution is -2.27. The molecule has 2 N–H and O–H groups in total. The van der Waals surface area contributed by atoms with Crippen molar-refractivity contribution in [1.29, 1.82) is 0 Å². The van der Waals surface area contributed by atoms with E-state index in [1.54, 1.807) is 24.3 Å². The molecule has 0 atom stereocenters. The van der Waals surface area contributed by atoms with Gasteiger partial charge in [0.2, 0.25) is 5.88 Å². The summed E-state index contributed by atoms with van der Waals surface area (Å²) in [5.74, 6) is -0.644. The van der Waals surface area contributed by atoms with Gasteiger partial charge in [-0.1, -0.05) is 6.07 Å². The van der Waals surface area contributed by atoms with E-state index in [9.17, 15) is 22.8 Å². The highest BCUT2D eigenvalue weighted by Crippen LogP contribution is 2.20. The van der Waals surface area contributed by atoms with Crippen molar-refractivity contribution in [2.45, 2.75) is 6.18 Å². The molecule has 3 rings (SSSR count). The van der Waals surface area contributed by atoms with Gasteiger partial charge in [-0.3, -0.25) is 9.69 Å². The van der Waals surface area contributed by atoms with E-state index in [-0.39, 0.29) is 11.9 Å².